The molecule has 0 bridgehead atoms. The van der Waals surface area contributed by atoms with Crippen LogP contribution in [0.3, 0.4) is 0 Å². The number of pyridine rings is 1. The van der Waals surface area contributed by atoms with Crippen molar-refractivity contribution >= 4 is 32.6 Å². The summed E-state index contributed by atoms with van der Waals surface area (Å²) in [6.45, 7) is 4.26. The van der Waals surface area contributed by atoms with Crippen molar-refractivity contribution in [2.45, 2.75) is 26.5 Å². The summed E-state index contributed by atoms with van der Waals surface area (Å²) in [5.74, 6) is 0.735. The molecule has 2 aromatic carbocycles. The second-order valence-corrected chi connectivity index (χ2v) is 8.53. The van der Waals surface area contributed by atoms with Gasteiger partial charge >= 0.3 is 0 Å². The van der Waals surface area contributed by atoms with Crippen molar-refractivity contribution in [1.29, 1.82) is 0 Å². The summed E-state index contributed by atoms with van der Waals surface area (Å²) in [5, 5.41) is 3.47. The van der Waals surface area contributed by atoms with Crippen LogP contribution in [0.5, 0.6) is 11.6 Å². The Labute approximate surface area is 190 Å². The van der Waals surface area contributed by atoms with Crippen LogP contribution in [0.25, 0.3) is 21.3 Å². The number of anilines is 1. The van der Waals surface area contributed by atoms with Crippen molar-refractivity contribution in [2.24, 2.45) is 0 Å². The Morgan fingerprint density at radius 1 is 1.16 bits per heavy atom. The van der Waals surface area contributed by atoms with E-state index < -0.39 is 0 Å². The molecule has 3 N–H and O–H groups in total. The number of benzene rings is 2. The van der Waals surface area contributed by atoms with Crippen LogP contribution in [0, 0.1) is 0 Å². The first-order valence-corrected chi connectivity index (χ1v) is 11.0. The molecule has 4 aromatic rings. The first kappa shape index (κ1) is 21.6. The Kier molecular flexibility index (Phi) is 6.23. The predicted octanol–water partition coefficient (Wildman–Crippen LogP) is 4.67. The Morgan fingerprint density at radius 2 is 1.97 bits per heavy atom. The van der Waals surface area contributed by atoms with Gasteiger partial charge in [0.2, 0.25) is 5.88 Å². The van der Waals surface area contributed by atoms with E-state index in [0.717, 1.165) is 32.7 Å². The molecule has 4 rings (SSSR count). The zero-order chi connectivity index (χ0) is 22.7. The minimum absolute atomic E-state index is 0.0408. The summed E-state index contributed by atoms with van der Waals surface area (Å²) < 4.78 is 12.2. The van der Waals surface area contributed by atoms with Crippen molar-refractivity contribution in [3.05, 3.63) is 65.9 Å². The highest BCUT2D eigenvalue weighted by Crippen LogP contribution is 2.30. The molecule has 0 unspecified atom stereocenters. The number of amides is 1. The number of para-hydroxylation sites is 1. The highest BCUT2D eigenvalue weighted by Gasteiger charge is 2.16. The fourth-order valence-corrected chi connectivity index (χ4v) is 4.12. The molecule has 0 aliphatic heterocycles. The first-order valence-electron chi connectivity index (χ1n) is 10.2. The molecule has 0 atom stereocenters. The lowest BCUT2D eigenvalue weighted by molar-refractivity contribution is 0.0946. The van der Waals surface area contributed by atoms with E-state index in [9.17, 15) is 4.79 Å². The Balaban J connectivity index is 1.59. The fraction of sp³-hybridized carbons (Fsp3) is 0.208. The maximum atomic E-state index is 13.0. The van der Waals surface area contributed by atoms with E-state index in [0.29, 0.717) is 17.2 Å². The van der Waals surface area contributed by atoms with E-state index >= 15 is 0 Å². The van der Waals surface area contributed by atoms with Crippen molar-refractivity contribution in [3.63, 3.8) is 0 Å². The number of aromatic nitrogens is 2. The molecular weight excluding hydrogens is 424 g/mol. The third-order valence-corrected chi connectivity index (χ3v) is 5.65. The number of carbonyl (C=O) groups excluding carboxylic acids is 1. The molecular formula is C24H24N4O3S. The number of carbonyl (C=O) groups is 1. The van der Waals surface area contributed by atoms with Crippen LogP contribution in [0.2, 0.25) is 0 Å². The zero-order valence-electron chi connectivity index (χ0n) is 18.1. The van der Waals surface area contributed by atoms with E-state index in [1.807, 2.05) is 56.3 Å². The van der Waals surface area contributed by atoms with E-state index in [4.69, 9.17) is 15.2 Å². The second-order valence-electron chi connectivity index (χ2n) is 7.47. The number of hydrogen-bond donors (Lipinski definition) is 2. The van der Waals surface area contributed by atoms with Gasteiger partial charge in [-0.25, -0.2) is 9.97 Å². The number of nitrogens with two attached hydrogens (primary N) is 1. The van der Waals surface area contributed by atoms with Crippen LogP contribution in [0.4, 0.5) is 5.13 Å². The van der Waals surface area contributed by atoms with E-state index in [2.05, 4.69) is 15.3 Å². The lowest BCUT2D eigenvalue weighted by Crippen LogP contribution is -2.24. The van der Waals surface area contributed by atoms with Crippen LogP contribution < -0.4 is 20.5 Å². The van der Waals surface area contributed by atoms with Crippen LogP contribution in [0.1, 0.15) is 29.8 Å². The average molecular weight is 449 g/mol. The zero-order valence-corrected chi connectivity index (χ0v) is 18.9. The van der Waals surface area contributed by atoms with Gasteiger partial charge in [0, 0.05) is 23.9 Å². The predicted molar refractivity (Wildman–Crippen MR) is 127 cm³/mol. The van der Waals surface area contributed by atoms with Gasteiger partial charge in [-0.3, -0.25) is 4.79 Å². The molecule has 164 valence electrons. The summed E-state index contributed by atoms with van der Waals surface area (Å²) >= 11 is 1.42. The number of hydrogen-bond acceptors (Lipinski definition) is 7. The molecule has 0 saturated carbocycles. The topological polar surface area (TPSA) is 99.4 Å². The van der Waals surface area contributed by atoms with E-state index in [1.165, 1.54) is 18.4 Å². The molecule has 1 amide bonds. The Hall–Kier alpha value is -3.65. The summed E-state index contributed by atoms with van der Waals surface area (Å²) in [6, 6.07) is 15.3. The minimum atomic E-state index is -0.279. The molecule has 8 heteroatoms. The molecule has 2 heterocycles. The smallest absolute Gasteiger partial charge is 0.257 e. The lowest BCUT2D eigenvalue weighted by atomic mass is 10.1. The van der Waals surface area contributed by atoms with Crippen LogP contribution >= 0.6 is 11.3 Å². The van der Waals surface area contributed by atoms with Crippen molar-refractivity contribution in [1.82, 2.24) is 15.3 Å². The molecule has 32 heavy (non-hydrogen) atoms. The quantitative estimate of drug-likeness (QED) is 0.426. The normalized spacial score (nSPS) is 11.0. The molecule has 0 aliphatic carbocycles. The van der Waals surface area contributed by atoms with Gasteiger partial charge in [-0.2, -0.15) is 0 Å². The second kappa shape index (κ2) is 9.23. The first-order chi connectivity index (χ1) is 15.4. The lowest BCUT2D eigenvalue weighted by Gasteiger charge is -2.15. The van der Waals surface area contributed by atoms with Gasteiger partial charge in [-0.1, -0.05) is 35.6 Å². The van der Waals surface area contributed by atoms with Gasteiger partial charge < -0.3 is 20.5 Å². The largest absolute Gasteiger partial charge is 0.491 e. The number of ether oxygens (including phenoxy) is 2. The van der Waals surface area contributed by atoms with Crippen molar-refractivity contribution in [2.75, 3.05) is 12.8 Å². The molecule has 0 fully saturated rings. The maximum Gasteiger partial charge on any atom is 0.257 e. The summed E-state index contributed by atoms with van der Waals surface area (Å²) in [6.07, 6.45) is 1.73. The van der Waals surface area contributed by atoms with Crippen LogP contribution in [0.15, 0.2) is 54.7 Å². The molecule has 7 nitrogen and oxygen atoms in total. The van der Waals surface area contributed by atoms with Gasteiger partial charge in [0.1, 0.15) is 11.3 Å². The van der Waals surface area contributed by atoms with Gasteiger partial charge in [-0.15, -0.1) is 0 Å². The number of nitrogens with zero attached hydrogens (tertiary/aromatic N) is 2. The third kappa shape index (κ3) is 4.65. The monoisotopic (exact) mass is 448 g/mol. The van der Waals surface area contributed by atoms with Gasteiger partial charge in [0.05, 0.1) is 23.4 Å². The summed E-state index contributed by atoms with van der Waals surface area (Å²) in [5.41, 5.74) is 9.63. The number of nitrogen functional groups attached to an aromatic ring is 1. The summed E-state index contributed by atoms with van der Waals surface area (Å²) in [4.78, 5) is 21.7. The van der Waals surface area contributed by atoms with Crippen LogP contribution in [-0.2, 0) is 6.54 Å². The van der Waals surface area contributed by atoms with E-state index in [-0.39, 0.29) is 17.9 Å². The maximum absolute atomic E-state index is 13.0. The Bertz CT molecular complexity index is 1270. The highest BCUT2D eigenvalue weighted by molar-refractivity contribution is 7.22. The summed E-state index contributed by atoms with van der Waals surface area (Å²) in [7, 11) is 1.50. The highest BCUT2D eigenvalue weighted by atomic mass is 32.1. The standard InChI is InChI=1S/C24H24N4O3S/c1-14(2)31-20-7-5-4-6-16(20)12-26-22(29)18-10-17(13-27-23(18)30-3)15-8-9-19-21(11-15)32-24(25)28-19/h4-11,13-14H,12H2,1-3H3,(H2,25,28)(H,26,29). The number of rotatable bonds is 7. The fourth-order valence-electron chi connectivity index (χ4n) is 3.35. The third-order valence-electron chi connectivity index (χ3n) is 4.80. The number of fused-ring (bicyclic) bond motifs is 1. The number of methoxy groups -OCH3 is 1. The van der Waals surface area contributed by atoms with Gasteiger partial charge in [0.15, 0.2) is 5.13 Å². The molecule has 0 radical (unpaired) electrons. The molecule has 0 spiro atoms. The van der Waals surface area contributed by atoms with Crippen molar-refractivity contribution < 1.29 is 14.3 Å². The number of nitrogens with one attached hydrogen (secondary N) is 1. The van der Waals surface area contributed by atoms with Crippen LogP contribution in [-0.4, -0.2) is 29.1 Å². The van der Waals surface area contributed by atoms with Crippen molar-refractivity contribution in [3.8, 4) is 22.8 Å². The minimum Gasteiger partial charge on any atom is -0.491 e. The van der Waals surface area contributed by atoms with E-state index in [1.54, 1.807) is 12.3 Å². The molecule has 0 saturated heterocycles. The molecule has 0 aliphatic rings. The van der Waals surface area contributed by atoms with Gasteiger partial charge in [0.25, 0.3) is 5.91 Å². The number of thiazole rings is 1. The van der Waals surface area contributed by atoms with Gasteiger partial charge in [-0.05, 0) is 43.7 Å². The molecule has 2 aromatic heterocycles. The Morgan fingerprint density at radius 3 is 2.75 bits per heavy atom. The SMILES string of the molecule is COc1ncc(-c2ccc3nc(N)sc3c2)cc1C(=O)NCc1ccccc1OC(C)C. The average Bonchev–Trinajstić information content (AvgIpc) is 3.16.